The minimum atomic E-state index is -0.455. The molecule has 1 aromatic carbocycles. The van der Waals surface area contributed by atoms with E-state index < -0.39 is 5.82 Å². The third kappa shape index (κ3) is 6.48. The molecule has 3 N–H and O–H groups in total. The average Bonchev–Trinajstić information content (AvgIpc) is 2.59. The lowest BCUT2D eigenvalue weighted by Gasteiger charge is -2.10. The maximum absolute atomic E-state index is 13.1. The first-order valence-electron chi connectivity index (χ1n) is 8.52. The number of hydrogen-bond acceptors (Lipinski definition) is 5. The number of benzene rings is 1. The summed E-state index contributed by atoms with van der Waals surface area (Å²) in [6.07, 6.45) is 0.829. The van der Waals surface area contributed by atoms with Crippen molar-refractivity contribution in [3.8, 4) is 0 Å². The monoisotopic (exact) mass is 379 g/mol. The molecule has 6 nitrogen and oxygen atoms in total. The molecule has 0 atom stereocenters. The number of anilines is 2. The Hall–Kier alpha value is -2.41. The van der Waals surface area contributed by atoms with Crippen molar-refractivity contribution in [2.45, 2.75) is 26.7 Å². The first kappa shape index (κ1) is 19.9. The molecule has 0 aliphatic heterocycles. The number of rotatable bonds is 9. The maximum atomic E-state index is 13.1. The van der Waals surface area contributed by atoms with E-state index in [1.54, 1.807) is 12.1 Å². The first-order chi connectivity index (χ1) is 12.5. The Morgan fingerprint density at radius 1 is 1.19 bits per heavy atom. The van der Waals surface area contributed by atoms with Crippen LogP contribution in [0, 0.1) is 12.7 Å². The summed E-state index contributed by atoms with van der Waals surface area (Å²) in [7, 11) is 0. The molecule has 0 spiro atoms. The molecule has 0 bridgehead atoms. The highest BCUT2D eigenvalue weighted by Gasteiger charge is 2.05. The Morgan fingerprint density at radius 3 is 2.73 bits per heavy atom. The number of carbonyl (C=O) groups is 1. The molecule has 140 valence electrons. The van der Waals surface area contributed by atoms with Crippen molar-refractivity contribution in [1.29, 1.82) is 0 Å². The van der Waals surface area contributed by atoms with Crippen LogP contribution in [0.25, 0.3) is 0 Å². The summed E-state index contributed by atoms with van der Waals surface area (Å²) >= 11 is 5.73. The van der Waals surface area contributed by atoms with Crippen LogP contribution in [-0.2, 0) is 11.2 Å². The van der Waals surface area contributed by atoms with Gasteiger partial charge in [-0.15, -0.1) is 0 Å². The molecule has 0 radical (unpaired) electrons. The average molecular weight is 380 g/mol. The van der Waals surface area contributed by atoms with Crippen LogP contribution < -0.4 is 16.0 Å². The largest absolute Gasteiger partial charge is 0.368 e. The number of halogens is 2. The summed E-state index contributed by atoms with van der Waals surface area (Å²) in [6.45, 7) is 5.66. The highest BCUT2D eigenvalue weighted by Crippen LogP contribution is 2.17. The van der Waals surface area contributed by atoms with Gasteiger partial charge in [-0.2, -0.15) is 4.98 Å². The highest BCUT2D eigenvalue weighted by atomic mass is 35.5. The van der Waals surface area contributed by atoms with Crippen LogP contribution in [0.2, 0.25) is 5.02 Å². The van der Waals surface area contributed by atoms with E-state index in [2.05, 4.69) is 25.9 Å². The zero-order chi connectivity index (χ0) is 18.9. The van der Waals surface area contributed by atoms with Crippen LogP contribution in [0.15, 0.2) is 24.3 Å². The number of aromatic nitrogens is 2. The van der Waals surface area contributed by atoms with Gasteiger partial charge in [0.2, 0.25) is 11.9 Å². The van der Waals surface area contributed by atoms with Gasteiger partial charge in [0, 0.05) is 37.8 Å². The first-order valence-corrected chi connectivity index (χ1v) is 8.89. The topological polar surface area (TPSA) is 78.9 Å². The van der Waals surface area contributed by atoms with Crippen LogP contribution in [0.1, 0.15) is 24.6 Å². The number of hydrogen-bond donors (Lipinski definition) is 3. The van der Waals surface area contributed by atoms with Gasteiger partial charge in [0.05, 0.1) is 5.02 Å². The van der Waals surface area contributed by atoms with Crippen LogP contribution in [-0.4, -0.2) is 35.5 Å². The molecule has 0 fully saturated rings. The predicted octanol–water partition coefficient (Wildman–Crippen LogP) is 3.17. The van der Waals surface area contributed by atoms with E-state index in [-0.39, 0.29) is 10.9 Å². The van der Waals surface area contributed by atoms with Crippen LogP contribution >= 0.6 is 11.6 Å². The second-order valence-corrected chi connectivity index (χ2v) is 6.18. The minimum Gasteiger partial charge on any atom is -0.368 e. The second kappa shape index (κ2) is 9.91. The molecule has 1 aromatic heterocycles. The number of nitrogens with zero attached hydrogens (tertiary/aromatic N) is 2. The van der Waals surface area contributed by atoms with E-state index in [1.165, 1.54) is 6.07 Å². The van der Waals surface area contributed by atoms with Gasteiger partial charge in [-0.05, 0) is 38.0 Å². The van der Waals surface area contributed by atoms with E-state index in [0.717, 1.165) is 17.8 Å². The van der Waals surface area contributed by atoms with Gasteiger partial charge in [-0.3, -0.25) is 4.79 Å². The third-order valence-electron chi connectivity index (χ3n) is 3.57. The van der Waals surface area contributed by atoms with Gasteiger partial charge < -0.3 is 16.0 Å². The maximum Gasteiger partial charge on any atom is 0.224 e. The van der Waals surface area contributed by atoms with E-state index in [0.29, 0.717) is 37.7 Å². The SMILES string of the molecule is CCNc1nc(C)cc(NCCNC(=O)CCc2ccc(F)c(Cl)c2)n1. The molecule has 0 saturated carbocycles. The lowest BCUT2D eigenvalue weighted by molar-refractivity contribution is -0.120. The quantitative estimate of drug-likeness (QED) is 0.583. The smallest absolute Gasteiger partial charge is 0.224 e. The summed E-state index contributed by atoms with van der Waals surface area (Å²) in [4.78, 5) is 20.5. The Bertz CT molecular complexity index is 756. The van der Waals surface area contributed by atoms with Crippen LogP contribution in [0.4, 0.5) is 16.2 Å². The highest BCUT2D eigenvalue weighted by molar-refractivity contribution is 6.30. The molecule has 0 saturated heterocycles. The third-order valence-corrected chi connectivity index (χ3v) is 3.86. The van der Waals surface area contributed by atoms with Crippen LogP contribution in [0.3, 0.4) is 0 Å². The Balaban J connectivity index is 1.70. The fourth-order valence-electron chi connectivity index (χ4n) is 2.33. The number of amides is 1. The zero-order valence-electron chi connectivity index (χ0n) is 14.9. The summed E-state index contributed by atoms with van der Waals surface area (Å²) < 4.78 is 13.1. The molecule has 2 rings (SSSR count). The molecule has 26 heavy (non-hydrogen) atoms. The standard InChI is InChI=1S/C18H23ClFN5O/c1-3-21-18-24-12(2)10-16(25-18)22-8-9-23-17(26)7-5-13-4-6-15(20)14(19)11-13/h4,6,10-11H,3,5,7-9H2,1-2H3,(H,23,26)(H2,21,22,24,25). The summed E-state index contributed by atoms with van der Waals surface area (Å²) in [5.41, 5.74) is 1.69. The normalized spacial score (nSPS) is 10.5. The molecule has 1 amide bonds. The van der Waals surface area contributed by atoms with Gasteiger partial charge >= 0.3 is 0 Å². The molecule has 8 heteroatoms. The number of carbonyl (C=O) groups excluding carboxylic acids is 1. The fourth-order valence-corrected chi connectivity index (χ4v) is 2.53. The molecule has 0 unspecified atom stereocenters. The van der Waals surface area contributed by atoms with Crippen molar-refractivity contribution in [3.63, 3.8) is 0 Å². The van der Waals surface area contributed by atoms with E-state index >= 15 is 0 Å². The number of nitrogens with one attached hydrogen (secondary N) is 3. The van der Waals surface area contributed by atoms with Crippen molar-refractivity contribution in [2.24, 2.45) is 0 Å². The van der Waals surface area contributed by atoms with E-state index in [4.69, 9.17) is 11.6 Å². The molecule has 0 aliphatic rings. The van der Waals surface area contributed by atoms with Gasteiger partial charge in [0.15, 0.2) is 0 Å². The lowest BCUT2D eigenvalue weighted by Crippen LogP contribution is -2.29. The van der Waals surface area contributed by atoms with Gasteiger partial charge in [0.1, 0.15) is 11.6 Å². The van der Waals surface area contributed by atoms with Crippen molar-refractivity contribution in [3.05, 3.63) is 46.4 Å². The van der Waals surface area contributed by atoms with Crippen LogP contribution in [0.5, 0.6) is 0 Å². The Morgan fingerprint density at radius 2 is 2.00 bits per heavy atom. The lowest BCUT2D eigenvalue weighted by atomic mass is 10.1. The van der Waals surface area contributed by atoms with Gasteiger partial charge in [-0.25, -0.2) is 9.37 Å². The Labute approximate surface area is 157 Å². The summed E-state index contributed by atoms with van der Waals surface area (Å²) in [5.74, 6) is 0.767. The van der Waals surface area contributed by atoms with E-state index in [9.17, 15) is 9.18 Å². The van der Waals surface area contributed by atoms with Crippen molar-refractivity contribution in [2.75, 3.05) is 30.3 Å². The summed E-state index contributed by atoms with van der Waals surface area (Å²) in [5, 5.41) is 9.14. The Kier molecular flexibility index (Phi) is 7.59. The van der Waals surface area contributed by atoms with Gasteiger partial charge in [-0.1, -0.05) is 17.7 Å². The molecular formula is C18H23ClFN5O. The van der Waals surface area contributed by atoms with Crippen molar-refractivity contribution in [1.82, 2.24) is 15.3 Å². The fraction of sp³-hybridized carbons (Fsp3) is 0.389. The van der Waals surface area contributed by atoms with Gasteiger partial charge in [0.25, 0.3) is 0 Å². The predicted molar refractivity (Wildman–Crippen MR) is 102 cm³/mol. The second-order valence-electron chi connectivity index (χ2n) is 5.77. The van der Waals surface area contributed by atoms with Crippen molar-refractivity contribution < 1.29 is 9.18 Å². The molecular weight excluding hydrogens is 357 g/mol. The number of aryl methyl sites for hydroxylation is 2. The van der Waals surface area contributed by atoms with E-state index in [1.807, 2.05) is 19.9 Å². The molecule has 0 aliphatic carbocycles. The molecule has 2 aromatic rings. The summed E-state index contributed by atoms with van der Waals surface area (Å²) in [6, 6.07) is 6.34. The van der Waals surface area contributed by atoms with Crippen molar-refractivity contribution >= 4 is 29.3 Å². The minimum absolute atomic E-state index is 0.0699. The zero-order valence-corrected chi connectivity index (χ0v) is 15.7. The molecule has 1 heterocycles.